The Kier molecular flexibility index (Phi) is 3.07. The third-order valence-corrected chi connectivity index (χ3v) is 2.43. The van der Waals surface area contributed by atoms with E-state index in [4.69, 9.17) is 0 Å². The van der Waals surface area contributed by atoms with Crippen molar-refractivity contribution in [2.75, 3.05) is 30.7 Å². The Morgan fingerprint density at radius 1 is 1.38 bits per heavy atom. The topological polar surface area (TPSA) is 15.3 Å². The van der Waals surface area contributed by atoms with E-state index in [1.807, 2.05) is 0 Å². The van der Waals surface area contributed by atoms with Crippen molar-refractivity contribution in [2.45, 2.75) is 0 Å². The Labute approximate surface area is 63.8 Å². The van der Waals surface area contributed by atoms with Gasteiger partial charge < -0.3 is 5.32 Å². The van der Waals surface area contributed by atoms with Gasteiger partial charge in [0.15, 0.2) is 4.55 Å². The van der Waals surface area contributed by atoms with Gasteiger partial charge in [-0.05, 0) is 0 Å². The maximum Gasteiger partial charge on any atom is 0.269 e. The van der Waals surface area contributed by atoms with E-state index >= 15 is 0 Å². The second-order valence-corrected chi connectivity index (χ2v) is 2.73. The van der Waals surface area contributed by atoms with Crippen LogP contribution in [0.5, 0.6) is 0 Å². The molecule has 1 saturated heterocycles. The smallest absolute Gasteiger partial charge is 0.269 e. The highest BCUT2D eigenvalue weighted by Crippen LogP contribution is 1.84. The van der Waals surface area contributed by atoms with E-state index in [1.54, 1.807) is 0 Å². The van der Waals surface area contributed by atoms with Crippen molar-refractivity contribution >= 4 is 0 Å². The Morgan fingerprint density at radius 2 is 2.00 bits per heavy atom. The van der Waals surface area contributed by atoms with Gasteiger partial charge in [-0.25, -0.2) is 0 Å². The summed E-state index contributed by atoms with van der Waals surface area (Å²) < 4.78 is 1.22. The van der Waals surface area contributed by atoms with E-state index in [9.17, 15) is 0 Å². The van der Waals surface area contributed by atoms with Gasteiger partial charge in [0.1, 0.15) is 0 Å². The van der Waals surface area contributed by atoms with Crippen LogP contribution in [0, 0.1) is 0 Å². The van der Waals surface area contributed by atoms with E-state index in [0.29, 0.717) is 0 Å². The van der Waals surface area contributed by atoms with Gasteiger partial charge in [0.25, 0.3) is 22.6 Å². The van der Waals surface area contributed by atoms with Crippen LogP contribution in [0.4, 0.5) is 0 Å². The van der Waals surface area contributed by atoms with E-state index in [0.717, 1.165) is 0 Å². The van der Waals surface area contributed by atoms with Gasteiger partial charge in [-0.2, -0.15) is 0 Å². The molecule has 8 heavy (non-hydrogen) atoms. The van der Waals surface area contributed by atoms with Crippen molar-refractivity contribution in [3.63, 3.8) is 0 Å². The molecule has 0 amide bonds. The van der Waals surface area contributed by atoms with Crippen LogP contribution in [0.3, 0.4) is 0 Å². The molecule has 2 nitrogen and oxygen atoms in total. The van der Waals surface area contributed by atoms with Crippen LogP contribution < -0.4 is 27.9 Å². The molecule has 1 aliphatic rings. The first-order chi connectivity index (χ1) is 3.93. The van der Waals surface area contributed by atoms with Crippen LogP contribution in [0.1, 0.15) is 0 Å². The van der Waals surface area contributed by atoms with Gasteiger partial charge >= 0.3 is 0 Å². The number of nitrogens with zero attached hydrogens (tertiary/aromatic N) is 1. The van der Waals surface area contributed by atoms with Crippen LogP contribution in [-0.4, -0.2) is 35.6 Å². The molecule has 1 N–H and O–H groups in total. The second kappa shape index (κ2) is 3.63. The molecular weight excluding hydrogens is 215 g/mol. The zero-order chi connectivity index (χ0) is 5.82. The quantitative estimate of drug-likeness (QED) is 0.280. The fourth-order valence-electron chi connectivity index (χ4n) is 0.840. The standard InChI is InChI=1S/C5H12IN2/c6-5-8-3-1-7-2-4-8/h6-7H,1-5H2/q+1. The zero-order valence-corrected chi connectivity index (χ0v) is 7.22. The molecular formula is C5H12IN2+. The van der Waals surface area contributed by atoms with Crippen LogP contribution in [0.2, 0.25) is 0 Å². The van der Waals surface area contributed by atoms with Crippen LogP contribution in [-0.2, 0) is 0 Å². The first kappa shape index (κ1) is 6.77. The van der Waals surface area contributed by atoms with Crippen LogP contribution in [0.15, 0.2) is 0 Å². The molecule has 0 aromatic heterocycles. The third kappa shape index (κ3) is 1.87. The average Bonchev–Trinajstić information content (AvgIpc) is 1.90. The highest BCUT2D eigenvalue weighted by molar-refractivity contribution is 4.63. The third-order valence-electron chi connectivity index (χ3n) is 1.39. The predicted molar refractivity (Wildman–Crippen MR) is 30.7 cm³/mol. The molecule has 0 atom stereocenters. The monoisotopic (exact) mass is 227 g/mol. The summed E-state index contributed by atoms with van der Waals surface area (Å²) in [6.45, 7) is 4.82. The lowest BCUT2D eigenvalue weighted by molar-refractivity contribution is -0.401. The van der Waals surface area contributed by atoms with E-state index in [2.05, 4.69) is 32.8 Å². The summed E-state index contributed by atoms with van der Waals surface area (Å²) in [7, 11) is 0. The Balaban J connectivity index is 2.13. The van der Waals surface area contributed by atoms with Crippen molar-refractivity contribution in [2.24, 2.45) is 0 Å². The first-order valence-electron chi connectivity index (χ1n) is 2.94. The normalized spacial score (nSPS) is 23.6. The number of hydrogen-bond acceptors (Lipinski definition) is 2. The number of hydrogen-bond donors (Lipinski definition) is 1. The van der Waals surface area contributed by atoms with Gasteiger partial charge in [0.2, 0.25) is 0 Å². The number of nitrogens with one attached hydrogen (secondary N) is 1. The molecule has 0 spiro atoms. The number of rotatable bonds is 1. The Hall–Kier alpha value is 0.650. The van der Waals surface area contributed by atoms with Crippen LogP contribution in [0.25, 0.3) is 0 Å². The van der Waals surface area contributed by atoms with Crippen molar-refractivity contribution in [3.8, 4) is 0 Å². The minimum absolute atomic E-state index is 1.18. The van der Waals surface area contributed by atoms with Crippen molar-refractivity contribution in [1.29, 1.82) is 0 Å². The van der Waals surface area contributed by atoms with Gasteiger partial charge in [-0.1, -0.05) is 0 Å². The van der Waals surface area contributed by atoms with E-state index in [-0.39, 0.29) is 0 Å². The lowest BCUT2D eigenvalue weighted by atomic mass is 10.4. The number of halogens is 1. The summed E-state index contributed by atoms with van der Waals surface area (Å²) >= 11 is 2.15. The largest absolute Gasteiger partial charge is 0.314 e. The highest BCUT2D eigenvalue weighted by atomic mass is 127. The molecule has 0 aromatic rings. The molecule has 48 valence electrons. The molecule has 0 unspecified atom stereocenters. The van der Waals surface area contributed by atoms with Crippen molar-refractivity contribution in [3.05, 3.63) is 0 Å². The van der Waals surface area contributed by atoms with Crippen LogP contribution >= 0.6 is 0 Å². The molecule has 1 heterocycles. The number of piperazine rings is 1. The highest BCUT2D eigenvalue weighted by Gasteiger charge is 2.08. The molecule has 1 rings (SSSR count). The lowest BCUT2D eigenvalue weighted by Gasteiger charge is -2.21. The molecule has 0 aromatic carbocycles. The molecule has 0 aliphatic carbocycles. The fourth-order valence-corrected chi connectivity index (χ4v) is 1.58. The van der Waals surface area contributed by atoms with Gasteiger partial charge in [0, 0.05) is 26.2 Å². The zero-order valence-electron chi connectivity index (χ0n) is 4.89. The second-order valence-electron chi connectivity index (χ2n) is 2.00. The maximum atomic E-state index is 3.31. The maximum absolute atomic E-state index is 3.31. The fraction of sp³-hybridized carbons (Fsp3) is 1.00. The van der Waals surface area contributed by atoms with E-state index < -0.39 is 0 Å². The summed E-state index contributed by atoms with van der Waals surface area (Å²) in [4.78, 5) is 2.46. The minimum atomic E-state index is 1.18. The Bertz CT molecular complexity index is 61.4. The Morgan fingerprint density at radius 3 is 2.38 bits per heavy atom. The van der Waals surface area contributed by atoms with Gasteiger partial charge in [0.05, 0.1) is 0 Å². The molecule has 1 aliphatic heterocycles. The molecule has 1 fully saturated rings. The summed E-state index contributed by atoms with van der Waals surface area (Å²) in [5.41, 5.74) is 0. The summed E-state index contributed by atoms with van der Waals surface area (Å²) in [6.07, 6.45) is 0. The number of alkyl halides is 1. The molecule has 3 heteroatoms. The average molecular weight is 227 g/mol. The van der Waals surface area contributed by atoms with Gasteiger partial charge in [-0.3, -0.25) is 4.90 Å². The summed E-state index contributed by atoms with van der Waals surface area (Å²) in [5.74, 6) is 0. The predicted octanol–water partition coefficient (Wildman–Crippen LogP) is -3.87. The summed E-state index contributed by atoms with van der Waals surface area (Å²) in [5, 5.41) is 3.31. The SMILES string of the molecule is [IH+]CN1CCNCC1. The van der Waals surface area contributed by atoms with Crippen molar-refractivity contribution < 1.29 is 22.6 Å². The van der Waals surface area contributed by atoms with Gasteiger partial charge in [-0.15, -0.1) is 0 Å². The minimum Gasteiger partial charge on any atom is -0.314 e. The molecule has 0 saturated carbocycles. The lowest BCUT2D eigenvalue weighted by Crippen LogP contribution is -3.36. The molecule has 0 radical (unpaired) electrons. The van der Waals surface area contributed by atoms with Crippen molar-refractivity contribution in [1.82, 2.24) is 10.2 Å². The summed E-state index contributed by atoms with van der Waals surface area (Å²) in [6, 6.07) is 0. The molecule has 0 bridgehead atoms. The first-order valence-corrected chi connectivity index (χ1v) is 4.59. The van der Waals surface area contributed by atoms with E-state index in [1.165, 1.54) is 30.7 Å².